The van der Waals surface area contributed by atoms with Gasteiger partial charge in [0, 0.05) is 4.90 Å². The molecule has 5 nitrogen and oxygen atoms in total. The number of carbonyl (C=O) groups excluding carboxylic acids is 1. The molecule has 4 aromatic rings. The largest absolute Gasteiger partial charge is 0.492 e. The van der Waals surface area contributed by atoms with Gasteiger partial charge < -0.3 is 9.15 Å². The summed E-state index contributed by atoms with van der Waals surface area (Å²) in [5.74, 6) is 0.137. The van der Waals surface area contributed by atoms with Gasteiger partial charge in [-0.05, 0) is 47.3 Å². The number of hydrogen-bond donors (Lipinski definition) is 2. The van der Waals surface area contributed by atoms with Gasteiger partial charge in [-0.25, -0.2) is 0 Å². The van der Waals surface area contributed by atoms with Gasteiger partial charge in [0.1, 0.15) is 5.58 Å². The fourth-order valence-corrected chi connectivity index (χ4v) is 3.47. The Labute approximate surface area is 166 Å². The minimum absolute atomic E-state index is 0.129. The summed E-state index contributed by atoms with van der Waals surface area (Å²) in [6, 6.07) is 25.5. The number of carbonyl (C=O) groups is 1. The Morgan fingerprint density at radius 3 is 2.36 bits per heavy atom. The minimum atomic E-state index is -0.405. The van der Waals surface area contributed by atoms with Crippen LogP contribution in [0.1, 0.15) is 10.6 Å². The molecule has 0 aliphatic carbocycles. The zero-order valence-corrected chi connectivity index (χ0v) is 16.0. The molecular formula is C22H18N2O3S. The van der Waals surface area contributed by atoms with Crippen LogP contribution in [-0.4, -0.2) is 13.0 Å². The van der Waals surface area contributed by atoms with E-state index >= 15 is 0 Å². The first kappa shape index (κ1) is 18.2. The maximum atomic E-state index is 12.6. The number of nitrogens with one attached hydrogen (secondary N) is 2. The standard InChI is InChI=1S/C22H18N2O3S/c1-26-20-18-14-16(15-8-4-2-5-9-15)12-13-19(18)27-21(20)22(25)23-24-28-17-10-6-3-7-11-17/h2-14,24H,1H3,(H,23,25). The van der Waals surface area contributed by atoms with Gasteiger partial charge in [0.25, 0.3) is 0 Å². The highest BCUT2D eigenvalue weighted by Gasteiger charge is 2.22. The number of amides is 1. The van der Waals surface area contributed by atoms with E-state index in [1.54, 1.807) is 0 Å². The minimum Gasteiger partial charge on any atom is -0.492 e. The van der Waals surface area contributed by atoms with Crippen LogP contribution in [0.4, 0.5) is 0 Å². The Balaban J connectivity index is 1.57. The van der Waals surface area contributed by atoms with Crippen LogP contribution in [0.3, 0.4) is 0 Å². The molecule has 6 heteroatoms. The first-order valence-corrected chi connectivity index (χ1v) is 9.51. The van der Waals surface area contributed by atoms with E-state index in [0.717, 1.165) is 21.4 Å². The van der Waals surface area contributed by atoms with Crippen molar-refractivity contribution in [2.75, 3.05) is 7.11 Å². The van der Waals surface area contributed by atoms with Crippen molar-refractivity contribution >= 4 is 28.8 Å². The molecule has 0 bridgehead atoms. The molecule has 1 heterocycles. The third-order valence-electron chi connectivity index (χ3n) is 4.24. The van der Waals surface area contributed by atoms with Gasteiger partial charge in [-0.2, -0.15) is 4.83 Å². The first-order valence-electron chi connectivity index (χ1n) is 8.69. The number of benzene rings is 3. The number of rotatable bonds is 6. The van der Waals surface area contributed by atoms with Gasteiger partial charge in [-0.3, -0.25) is 10.2 Å². The van der Waals surface area contributed by atoms with E-state index < -0.39 is 5.91 Å². The van der Waals surface area contributed by atoms with Crippen molar-refractivity contribution in [2.45, 2.75) is 4.90 Å². The Hall–Kier alpha value is -3.22. The quantitative estimate of drug-likeness (QED) is 0.356. The molecular weight excluding hydrogens is 372 g/mol. The SMILES string of the molecule is COc1c(C(=O)NNSc2ccccc2)oc2ccc(-c3ccccc3)cc12. The number of ether oxygens (including phenoxy) is 1. The lowest BCUT2D eigenvalue weighted by Crippen LogP contribution is -2.32. The summed E-state index contributed by atoms with van der Waals surface area (Å²) in [7, 11) is 1.53. The predicted octanol–water partition coefficient (Wildman–Crippen LogP) is 5.05. The van der Waals surface area contributed by atoms with Crippen molar-refractivity contribution in [3.63, 3.8) is 0 Å². The summed E-state index contributed by atoms with van der Waals surface area (Å²) in [5.41, 5.74) is 5.33. The molecule has 0 saturated carbocycles. The molecule has 0 saturated heterocycles. The molecule has 0 spiro atoms. The number of hydrazine groups is 1. The van der Waals surface area contributed by atoms with E-state index in [1.807, 2.05) is 78.9 Å². The highest BCUT2D eigenvalue weighted by atomic mass is 32.2. The fourth-order valence-electron chi connectivity index (χ4n) is 2.91. The lowest BCUT2D eigenvalue weighted by Gasteiger charge is -2.06. The number of fused-ring (bicyclic) bond motifs is 1. The van der Waals surface area contributed by atoms with E-state index in [0.29, 0.717) is 11.3 Å². The Morgan fingerprint density at radius 1 is 0.929 bits per heavy atom. The van der Waals surface area contributed by atoms with Crippen molar-refractivity contribution in [3.05, 3.63) is 84.6 Å². The van der Waals surface area contributed by atoms with Crippen LogP contribution in [0.2, 0.25) is 0 Å². The topological polar surface area (TPSA) is 63.5 Å². The molecule has 2 N–H and O–H groups in total. The average Bonchev–Trinajstić information content (AvgIpc) is 3.13. The second-order valence-corrected chi connectivity index (χ2v) is 6.89. The van der Waals surface area contributed by atoms with Gasteiger partial charge in [-0.1, -0.05) is 54.6 Å². The maximum absolute atomic E-state index is 12.6. The summed E-state index contributed by atoms with van der Waals surface area (Å²) in [5, 5.41) is 0.754. The van der Waals surface area contributed by atoms with E-state index in [-0.39, 0.29) is 5.76 Å². The van der Waals surface area contributed by atoms with Crippen LogP contribution >= 0.6 is 11.9 Å². The zero-order chi connectivity index (χ0) is 19.3. The van der Waals surface area contributed by atoms with Crippen molar-refractivity contribution in [1.29, 1.82) is 0 Å². The third kappa shape index (κ3) is 3.74. The van der Waals surface area contributed by atoms with Crippen LogP contribution in [0.25, 0.3) is 22.1 Å². The highest BCUT2D eigenvalue weighted by Crippen LogP contribution is 2.35. The summed E-state index contributed by atoms with van der Waals surface area (Å²) in [6.07, 6.45) is 0. The maximum Gasteiger partial charge on any atom is 0.305 e. The molecule has 4 rings (SSSR count). The molecule has 0 aliphatic heterocycles. The fraction of sp³-hybridized carbons (Fsp3) is 0.0455. The Bertz CT molecular complexity index is 1090. The van der Waals surface area contributed by atoms with E-state index in [9.17, 15) is 4.79 Å². The third-order valence-corrected chi connectivity index (χ3v) is 4.95. The summed E-state index contributed by atoms with van der Waals surface area (Å²) in [4.78, 5) is 16.4. The summed E-state index contributed by atoms with van der Waals surface area (Å²) < 4.78 is 11.2. The van der Waals surface area contributed by atoms with Crippen molar-refractivity contribution in [2.24, 2.45) is 0 Å². The lowest BCUT2D eigenvalue weighted by molar-refractivity contribution is 0.0917. The van der Waals surface area contributed by atoms with Crippen molar-refractivity contribution < 1.29 is 13.9 Å². The Kier molecular flexibility index (Phi) is 5.32. The van der Waals surface area contributed by atoms with Crippen molar-refractivity contribution in [1.82, 2.24) is 10.3 Å². The molecule has 0 radical (unpaired) electrons. The number of furan rings is 1. The lowest BCUT2D eigenvalue weighted by atomic mass is 10.0. The van der Waals surface area contributed by atoms with Crippen LogP contribution in [0, 0.1) is 0 Å². The molecule has 0 aliphatic rings. The van der Waals surface area contributed by atoms with Crippen LogP contribution < -0.4 is 15.0 Å². The first-order chi connectivity index (χ1) is 13.8. The number of hydrogen-bond acceptors (Lipinski definition) is 5. The van der Waals surface area contributed by atoms with Gasteiger partial charge in [0.2, 0.25) is 5.76 Å². The Morgan fingerprint density at radius 2 is 1.64 bits per heavy atom. The van der Waals surface area contributed by atoms with E-state index in [4.69, 9.17) is 9.15 Å². The predicted molar refractivity (Wildman–Crippen MR) is 111 cm³/mol. The highest BCUT2D eigenvalue weighted by molar-refractivity contribution is 7.97. The van der Waals surface area contributed by atoms with E-state index in [1.165, 1.54) is 19.1 Å². The van der Waals surface area contributed by atoms with Crippen LogP contribution in [-0.2, 0) is 0 Å². The van der Waals surface area contributed by atoms with Gasteiger partial charge in [-0.15, -0.1) is 0 Å². The molecule has 0 unspecified atom stereocenters. The van der Waals surface area contributed by atoms with E-state index in [2.05, 4.69) is 10.3 Å². The normalized spacial score (nSPS) is 10.8. The molecule has 140 valence electrons. The summed E-state index contributed by atoms with van der Waals surface area (Å²) in [6.45, 7) is 0. The monoisotopic (exact) mass is 390 g/mol. The zero-order valence-electron chi connectivity index (χ0n) is 15.1. The van der Waals surface area contributed by atoms with Crippen LogP contribution in [0.5, 0.6) is 5.75 Å². The molecule has 28 heavy (non-hydrogen) atoms. The second-order valence-electron chi connectivity index (χ2n) is 6.01. The summed E-state index contributed by atoms with van der Waals surface area (Å²) >= 11 is 1.30. The van der Waals surface area contributed by atoms with Gasteiger partial charge in [0.05, 0.1) is 12.5 Å². The molecule has 0 fully saturated rings. The van der Waals surface area contributed by atoms with Gasteiger partial charge >= 0.3 is 5.91 Å². The molecule has 3 aromatic carbocycles. The van der Waals surface area contributed by atoms with Crippen LogP contribution in [0.15, 0.2) is 88.2 Å². The smallest absolute Gasteiger partial charge is 0.305 e. The molecule has 1 aromatic heterocycles. The van der Waals surface area contributed by atoms with Crippen molar-refractivity contribution in [3.8, 4) is 16.9 Å². The second kappa shape index (κ2) is 8.21. The number of methoxy groups -OCH3 is 1. The average molecular weight is 390 g/mol. The van der Waals surface area contributed by atoms with Gasteiger partial charge in [0.15, 0.2) is 5.75 Å². The molecule has 1 amide bonds. The molecule has 0 atom stereocenters.